The van der Waals surface area contributed by atoms with Crippen LogP contribution in [0.5, 0.6) is 0 Å². The molecule has 4 aromatic rings. The number of likely N-dealkylation sites (N-methyl/N-ethyl adjacent to an activating group) is 1. The zero-order valence-corrected chi connectivity index (χ0v) is 24.6. The van der Waals surface area contributed by atoms with Gasteiger partial charge in [-0.25, -0.2) is 12.8 Å². The van der Waals surface area contributed by atoms with Gasteiger partial charge in [0.25, 0.3) is 10.0 Å². The zero-order valence-electron chi connectivity index (χ0n) is 23.0. The summed E-state index contributed by atoms with van der Waals surface area (Å²) in [6.07, 6.45) is 0.138. The van der Waals surface area contributed by atoms with Gasteiger partial charge in [-0.15, -0.1) is 0 Å². The van der Waals surface area contributed by atoms with Gasteiger partial charge in [0.1, 0.15) is 18.4 Å². The molecule has 0 heterocycles. The van der Waals surface area contributed by atoms with E-state index >= 15 is 0 Å². The number of benzene rings is 4. The first kappa shape index (κ1) is 30.7. The van der Waals surface area contributed by atoms with Crippen molar-refractivity contribution in [3.63, 3.8) is 0 Å². The minimum atomic E-state index is -4.22. The van der Waals surface area contributed by atoms with Gasteiger partial charge in [0, 0.05) is 30.1 Å². The molecule has 7 nitrogen and oxygen atoms in total. The van der Waals surface area contributed by atoms with Crippen LogP contribution in [0, 0.1) is 5.82 Å². The first-order valence-corrected chi connectivity index (χ1v) is 15.2. The van der Waals surface area contributed by atoms with Crippen LogP contribution in [0.4, 0.5) is 10.1 Å². The number of hydrogen-bond donors (Lipinski definition) is 1. The van der Waals surface area contributed by atoms with Crippen LogP contribution in [-0.2, 0) is 32.6 Å². The molecule has 4 aromatic carbocycles. The SMILES string of the molecule is CCNC(=O)[C@@H](Cc1ccccc1)N(Cc1ccccc1F)C(=O)CN(c1ccc(Cl)cc1)S(=O)(=O)c1ccccc1. The van der Waals surface area contributed by atoms with Crippen LogP contribution in [0.2, 0.25) is 5.02 Å². The average molecular weight is 608 g/mol. The molecule has 218 valence electrons. The second kappa shape index (κ2) is 14.1. The molecule has 0 aliphatic rings. The fraction of sp³-hybridized carbons (Fsp3) is 0.188. The second-order valence-corrected chi connectivity index (χ2v) is 11.8. The first-order valence-electron chi connectivity index (χ1n) is 13.4. The lowest BCUT2D eigenvalue weighted by atomic mass is 10.0. The van der Waals surface area contributed by atoms with Crippen molar-refractivity contribution in [1.82, 2.24) is 10.2 Å². The number of sulfonamides is 1. The Morgan fingerprint density at radius 1 is 0.857 bits per heavy atom. The maximum absolute atomic E-state index is 14.9. The van der Waals surface area contributed by atoms with Gasteiger partial charge in [-0.2, -0.15) is 0 Å². The summed E-state index contributed by atoms with van der Waals surface area (Å²) in [5, 5.41) is 3.17. The maximum Gasteiger partial charge on any atom is 0.264 e. The number of rotatable bonds is 12. The predicted octanol–water partition coefficient (Wildman–Crippen LogP) is 5.45. The van der Waals surface area contributed by atoms with Gasteiger partial charge in [-0.05, 0) is 55.0 Å². The number of carbonyl (C=O) groups excluding carboxylic acids is 2. The Morgan fingerprint density at radius 3 is 2.07 bits per heavy atom. The van der Waals surface area contributed by atoms with Crippen LogP contribution in [0.1, 0.15) is 18.1 Å². The molecule has 2 amide bonds. The van der Waals surface area contributed by atoms with E-state index in [1.54, 1.807) is 31.2 Å². The number of halogens is 2. The second-order valence-electron chi connectivity index (χ2n) is 9.51. The van der Waals surface area contributed by atoms with Gasteiger partial charge in [-0.3, -0.25) is 13.9 Å². The molecule has 0 fully saturated rings. The molecule has 0 aliphatic heterocycles. The highest BCUT2D eigenvalue weighted by Crippen LogP contribution is 2.26. The van der Waals surface area contributed by atoms with Crippen LogP contribution in [0.3, 0.4) is 0 Å². The van der Waals surface area contributed by atoms with Crippen LogP contribution < -0.4 is 9.62 Å². The van der Waals surface area contributed by atoms with E-state index in [4.69, 9.17) is 11.6 Å². The van der Waals surface area contributed by atoms with E-state index in [1.807, 2.05) is 30.3 Å². The summed E-state index contributed by atoms with van der Waals surface area (Å²) in [5.74, 6) is -1.66. The van der Waals surface area contributed by atoms with Crippen molar-refractivity contribution in [2.75, 3.05) is 17.4 Å². The van der Waals surface area contributed by atoms with Gasteiger partial charge in [0.05, 0.1) is 10.6 Å². The highest BCUT2D eigenvalue weighted by molar-refractivity contribution is 7.92. The lowest BCUT2D eigenvalue weighted by Gasteiger charge is -2.34. The largest absolute Gasteiger partial charge is 0.355 e. The van der Waals surface area contributed by atoms with Crippen LogP contribution >= 0.6 is 11.6 Å². The highest BCUT2D eigenvalue weighted by Gasteiger charge is 2.34. The smallest absolute Gasteiger partial charge is 0.264 e. The molecule has 0 saturated carbocycles. The molecule has 4 rings (SSSR count). The van der Waals surface area contributed by atoms with Gasteiger partial charge in [-0.1, -0.05) is 78.3 Å². The van der Waals surface area contributed by atoms with E-state index in [0.29, 0.717) is 11.6 Å². The van der Waals surface area contributed by atoms with Crippen LogP contribution in [-0.4, -0.2) is 44.3 Å². The third-order valence-corrected chi connectivity index (χ3v) is 8.69. The Kier molecular flexibility index (Phi) is 10.3. The summed E-state index contributed by atoms with van der Waals surface area (Å²) in [7, 11) is -4.22. The number of anilines is 1. The van der Waals surface area contributed by atoms with Crippen molar-refractivity contribution in [1.29, 1.82) is 0 Å². The zero-order chi connectivity index (χ0) is 30.1. The summed E-state index contributed by atoms with van der Waals surface area (Å²) in [4.78, 5) is 28.9. The highest BCUT2D eigenvalue weighted by atomic mass is 35.5. The third-order valence-electron chi connectivity index (χ3n) is 6.65. The van der Waals surface area contributed by atoms with E-state index in [1.165, 1.54) is 59.5 Å². The van der Waals surface area contributed by atoms with Crippen molar-refractivity contribution >= 4 is 39.1 Å². The van der Waals surface area contributed by atoms with E-state index < -0.39 is 40.2 Å². The number of carbonyl (C=O) groups is 2. The maximum atomic E-state index is 14.9. The van der Waals surface area contributed by atoms with Gasteiger partial charge < -0.3 is 10.2 Å². The minimum Gasteiger partial charge on any atom is -0.355 e. The van der Waals surface area contributed by atoms with Crippen molar-refractivity contribution in [2.24, 2.45) is 0 Å². The van der Waals surface area contributed by atoms with Gasteiger partial charge in [0.2, 0.25) is 11.8 Å². The molecule has 0 unspecified atom stereocenters. The minimum absolute atomic E-state index is 0.0158. The fourth-order valence-electron chi connectivity index (χ4n) is 4.51. The Morgan fingerprint density at radius 2 is 1.45 bits per heavy atom. The summed E-state index contributed by atoms with van der Waals surface area (Å²) in [6.45, 7) is 1.18. The lowest BCUT2D eigenvalue weighted by molar-refractivity contribution is -0.140. The molecule has 0 saturated heterocycles. The normalized spacial score (nSPS) is 11.9. The molecule has 0 radical (unpaired) electrons. The third kappa shape index (κ3) is 7.54. The molecular weight excluding hydrogens is 577 g/mol. The van der Waals surface area contributed by atoms with Crippen molar-refractivity contribution in [3.8, 4) is 0 Å². The number of nitrogens with one attached hydrogen (secondary N) is 1. The van der Waals surface area contributed by atoms with Gasteiger partial charge in [0.15, 0.2) is 0 Å². The van der Waals surface area contributed by atoms with Crippen LogP contribution in [0.25, 0.3) is 0 Å². The number of nitrogens with zero attached hydrogens (tertiary/aromatic N) is 2. The standard InChI is InChI=1S/C32H31ClFN3O4S/c1-2-35-32(39)30(21-24-11-5-3-6-12-24)36(22-25-13-9-10-16-29(25)34)31(38)23-37(27-19-17-26(33)18-20-27)42(40,41)28-14-7-4-8-15-28/h3-20,30H,2,21-23H2,1H3,(H,35,39)/t30-/m1/s1. The Hall–Kier alpha value is -4.21. The lowest BCUT2D eigenvalue weighted by Crippen LogP contribution is -2.53. The molecule has 42 heavy (non-hydrogen) atoms. The van der Waals surface area contributed by atoms with Crippen LogP contribution in [0.15, 0.2) is 114 Å². The summed E-state index contributed by atoms with van der Waals surface area (Å²) in [6, 6.07) is 27.9. The molecule has 10 heteroatoms. The van der Waals surface area contributed by atoms with E-state index in [0.717, 1.165) is 9.87 Å². The summed E-state index contributed by atoms with van der Waals surface area (Å²) < 4.78 is 43.6. The molecule has 0 aromatic heterocycles. The van der Waals surface area contributed by atoms with Crippen molar-refractivity contribution in [3.05, 3.63) is 131 Å². The van der Waals surface area contributed by atoms with Crippen molar-refractivity contribution < 1.29 is 22.4 Å². The summed E-state index contributed by atoms with van der Waals surface area (Å²) in [5.41, 5.74) is 1.18. The average Bonchev–Trinajstić information content (AvgIpc) is 3.00. The quantitative estimate of drug-likeness (QED) is 0.232. The van der Waals surface area contributed by atoms with E-state index in [9.17, 15) is 22.4 Å². The first-order chi connectivity index (χ1) is 20.2. The number of hydrogen-bond acceptors (Lipinski definition) is 4. The van der Waals surface area contributed by atoms with E-state index in [-0.39, 0.29) is 29.1 Å². The molecule has 0 bridgehead atoms. The van der Waals surface area contributed by atoms with E-state index in [2.05, 4.69) is 5.32 Å². The Bertz CT molecular complexity index is 1600. The van der Waals surface area contributed by atoms with Crippen molar-refractivity contribution in [2.45, 2.75) is 30.8 Å². The predicted molar refractivity (Wildman–Crippen MR) is 162 cm³/mol. The Labute approximate surface area is 250 Å². The topological polar surface area (TPSA) is 86.8 Å². The number of amides is 2. The Balaban J connectivity index is 1.79. The molecule has 0 spiro atoms. The molecule has 1 N–H and O–H groups in total. The van der Waals surface area contributed by atoms with Gasteiger partial charge >= 0.3 is 0 Å². The monoisotopic (exact) mass is 607 g/mol. The summed E-state index contributed by atoms with van der Waals surface area (Å²) >= 11 is 6.07. The molecular formula is C32H31ClFN3O4S. The fourth-order valence-corrected chi connectivity index (χ4v) is 6.07. The molecule has 1 atom stereocenters. The molecule has 0 aliphatic carbocycles.